The molecule has 1 saturated carbocycles. The van der Waals surface area contributed by atoms with Crippen LogP contribution in [0, 0.1) is 11.3 Å². The summed E-state index contributed by atoms with van der Waals surface area (Å²) in [4.78, 5) is 9.98. The van der Waals surface area contributed by atoms with Crippen molar-refractivity contribution in [2.75, 3.05) is 0 Å². The maximum atomic E-state index is 5.10. The number of rotatable bonds is 4. The molecule has 1 N–H and O–H groups in total. The van der Waals surface area contributed by atoms with Crippen LogP contribution in [0.25, 0.3) is 0 Å². The second kappa shape index (κ2) is 9.77. The van der Waals surface area contributed by atoms with Gasteiger partial charge in [0.15, 0.2) is 0 Å². The molecule has 3 heteroatoms. The zero-order valence-corrected chi connectivity index (χ0v) is 21.5. The molecule has 0 amide bonds. The smallest absolute Gasteiger partial charge is 0.0831 e. The Bertz CT molecular complexity index is 893. The quantitative estimate of drug-likeness (QED) is 0.489. The van der Waals surface area contributed by atoms with E-state index in [1.54, 1.807) is 0 Å². The molecule has 1 aromatic rings. The summed E-state index contributed by atoms with van der Waals surface area (Å²) in [6.07, 6.45) is 11.4. The van der Waals surface area contributed by atoms with Crippen LogP contribution in [0.2, 0.25) is 0 Å². The fourth-order valence-electron chi connectivity index (χ4n) is 4.72. The van der Waals surface area contributed by atoms with Crippen molar-refractivity contribution in [3.05, 3.63) is 53.8 Å². The van der Waals surface area contributed by atoms with Gasteiger partial charge in [0.2, 0.25) is 0 Å². The molecular formula is C29H43N3. The first kappa shape index (κ1) is 24.5. The van der Waals surface area contributed by atoms with Crippen LogP contribution >= 0.6 is 0 Å². The first-order chi connectivity index (χ1) is 14.9. The molecule has 3 rings (SSSR count). The van der Waals surface area contributed by atoms with Crippen molar-refractivity contribution in [1.82, 2.24) is 5.32 Å². The highest BCUT2D eigenvalue weighted by molar-refractivity contribution is 6.00. The molecule has 0 radical (unpaired) electrons. The summed E-state index contributed by atoms with van der Waals surface area (Å²) in [5, 5.41) is 3.64. The van der Waals surface area contributed by atoms with E-state index >= 15 is 0 Å². The minimum Gasteiger partial charge on any atom is -0.372 e. The largest absolute Gasteiger partial charge is 0.372 e. The number of allylic oxidation sites excluding steroid dienone is 3. The third-order valence-corrected chi connectivity index (χ3v) is 7.05. The number of nitrogens with zero attached hydrogens (tertiary/aromatic N) is 2. The summed E-state index contributed by atoms with van der Waals surface area (Å²) < 4.78 is 0. The van der Waals surface area contributed by atoms with Gasteiger partial charge >= 0.3 is 0 Å². The van der Waals surface area contributed by atoms with Crippen molar-refractivity contribution in [3.63, 3.8) is 0 Å². The second-order valence-electron chi connectivity index (χ2n) is 11.7. The first-order valence-electron chi connectivity index (χ1n) is 12.3. The van der Waals surface area contributed by atoms with E-state index in [0.717, 1.165) is 28.7 Å². The number of nitrogens with one attached hydrogen (secondary N) is 1. The molecule has 1 atom stereocenters. The van der Waals surface area contributed by atoms with E-state index in [-0.39, 0.29) is 11.5 Å². The lowest BCUT2D eigenvalue weighted by atomic mass is 9.71. The fraction of sp³-hybridized carbons (Fsp3) is 0.586. The van der Waals surface area contributed by atoms with Gasteiger partial charge in [0.05, 0.1) is 29.2 Å². The molecule has 3 nitrogen and oxygen atoms in total. The van der Waals surface area contributed by atoms with Gasteiger partial charge in [-0.15, -0.1) is 0 Å². The Balaban J connectivity index is 1.62. The van der Waals surface area contributed by atoms with Gasteiger partial charge in [0, 0.05) is 5.71 Å². The second-order valence-corrected chi connectivity index (χ2v) is 11.7. The SMILES string of the molecule is CC(=NC1CCC(C(C)(C)C)CC1)C1=CC=CC(C(C)=Nc2ccc(C(C)(C)C)cc2)N1. The van der Waals surface area contributed by atoms with Gasteiger partial charge in [-0.25, -0.2) is 0 Å². The number of hydrogen-bond donors (Lipinski definition) is 1. The zero-order chi connectivity index (χ0) is 23.5. The molecule has 1 heterocycles. The summed E-state index contributed by atoms with van der Waals surface area (Å²) in [6.45, 7) is 18.1. The standard InChI is InChI=1S/C29H43N3/c1-20(30-24-16-12-22(13-17-24)28(3,4)5)26-10-9-11-27(32-26)21(2)31-25-18-14-23(15-19-25)29(6,7)8/h9-13,16-17,23,25-26,32H,14-15,18-19H2,1-8H3. The van der Waals surface area contributed by atoms with Gasteiger partial charge in [-0.3, -0.25) is 9.98 Å². The first-order valence-corrected chi connectivity index (χ1v) is 12.3. The van der Waals surface area contributed by atoms with E-state index in [1.807, 2.05) is 0 Å². The number of benzene rings is 1. The molecule has 1 aliphatic heterocycles. The van der Waals surface area contributed by atoms with Gasteiger partial charge in [0.1, 0.15) is 0 Å². The van der Waals surface area contributed by atoms with E-state index in [0.29, 0.717) is 11.5 Å². The summed E-state index contributed by atoms with van der Waals surface area (Å²) >= 11 is 0. The molecule has 1 aromatic carbocycles. The third kappa shape index (κ3) is 6.43. The van der Waals surface area contributed by atoms with Crippen LogP contribution in [0.15, 0.2) is 58.2 Å². The lowest BCUT2D eigenvalue weighted by molar-refractivity contribution is 0.170. The lowest BCUT2D eigenvalue weighted by Gasteiger charge is -2.36. The van der Waals surface area contributed by atoms with Crippen molar-refractivity contribution in [2.24, 2.45) is 21.3 Å². The molecular weight excluding hydrogens is 390 g/mol. The van der Waals surface area contributed by atoms with E-state index < -0.39 is 0 Å². The molecule has 32 heavy (non-hydrogen) atoms. The number of dihydropyridines is 1. The number of aliphatic imine (C=N–C) groups is 2. The van der Waals surface area contributed by atoms with Crippen LogP contribution in [0.3, 0.4) is 0 Å². The Morgan fingerprint density at radius 3 is 2.09 bits per heavy atom. The minimum absolute atomic E-state index is 0.0964. The highest BCUT2D eigenvalue weighted by Gasteiger charge is 2.29. The molecule has 1 fully saturated rings. The third-order valence-electron chi connectivity index (χ3n) is 7.05. The van der Waals surface area contributed by atoms with Gasteiger partial charge in [-0.05, 0) is 80.1 Å². The maximum absolute atomic E-state index is 5.10. The highest BCUT2D eigenvalue weighted by Crippen LogP contribution is 2.38. The van der Waals surface area contributed by atoms with Crippen LogP contribution in [-0.2, 0) is 5.41 Å². The van der Waals surface area contributed by atoms with Crippen molar-refractivity contribution in [1.29, 1.82) is 0 Å². The predicted molar refractivity (Wildman–Crippen MR) is 140 cm³/mol. The van der Waals surface area contributed by atoms with Gasteiger partial charge in [-0.1, -0.05) is 65.8 Å². The zero-order valence-electron chi connectivity index (χ0n) is 21.5. The van der Waals surface area contributed by atoms with Crippen molar-refractivity contribution in [3.8, 4) is 0 Å². The fourth-order valence-corrected chi connectivity index (χ4v) is 4.72. The molecule has 2 aliphatic rings. The van der Waals surface area contributed by atoms with Crippen LogP contribution in [-0.4, -0.2) is 23.5 Å². The summed E-state index contributed by atoms with van der Waals surface area (Å²) in [6, 6.07) is 9.16. The van der Waals surface area contributed by atoms with Crippen LogP contribution < -0.4 is 5.32 Å². The summed E-state index contributed by atoms with van der Waals surface area (Å²) in [7, 11) is 0. The monoisotopic (exact) mass is 433 g/mol. The van der Waals surface area contributed by atoms with E-state index in [4.69, 9.17) is 9.98 Å². The number of hydrogen-bond acceptors (Lipinski definition) is 3. The molecule has 0 bridgehead atoms. The summed E-state index contributed by atoms with van der Waals surface area (Å²) in [5.74, 6) is 0.824. The highest BCUT2D eigenvalue weighted by atomic mass is 15.0. The van der Waals surface area contributed by atoms with Crippen LogP contribution in [0.1, 0.15) is 86.6 Å². The topological polar surface area (TPSA) is 36.8 Å². The molecule has 174 valence electrons. The normalized spacial score (nSPS) is 25.4. The van der Waals surface area contributed by atoms with Gasteiger partial charge in [-0.2, -0.15) is 0 Å². The molecule has 0 spiro atoms. The molecule has 1 unspecified atom stereocenters. The van der Waals surface area contributed by atoms with E-state index in [9.17, 15) is 0 Å². The van der Waals surface area contributed by atoms with E-state index in [1.165, 1.54) is 31.2 Å². The molecule has 1 aliphatic carbocycles. The average Bonchev–Trinajstić information content (AvgIpc) is 2.73. The van der Waals surface area contributed by atoms with Crippen molar-refractivity contribution >= 4 is 17.1 Å². The minimum atomic E-state index is 0.0964. The van der Waals surface area contributed by atoms with Crippen molar-refractivity contribution < 1.29 is 0 Å². The Morgan fingerprint density at radius 1 is 0.906 bits per heavy atom. The van der Waals surface area contributed by atoms with Crippen LogP contribution in [0.5, 0.6) is 0 Å². The Kier molecular flexibility index (Phi) is 7.47. The Labute approximate surface area is 196 Å². The van der Waals surface area contributed by atoms with E-state index in [2.05, 4.69) is 103 Å². The van der Waals surface area contributed by atoms with Gasteiger partial charge in [0.25, 0.3) is 0 Å². The maximum Gasteiger partial charge on any atom is 0.0831 e. The van der Waals surface area contributed by atoms with Gasteiger partial charge < -0.3 is 5.32 Å². The van der Waals surface area contributed by atoms with Crippen molar-refractivity contribution in [2.45, 2.75) is 98.6 Å². The predicted octanol–water partition coefficient (Wildman–Crippen LogP) is 7.55. The molecule has 0 aromatic heterocycles. The Hall–Kier alpha value is -2.16. The molecule has 0 saturated heterocycles. The average molecular weight is 434 g/mol. The Morgan fingerprint density at radius 2 is 1.53 bits per heavy atom. The summed E-state index contributed by atoms with van der Waals surface area (Å²) in [5.41, 5.74) is 6.20. The van der Waals surface area contributed by atoms with Crippen LogP contribution in [0.4, 0.5) is 5.69 Å². The lowest BCUT2D eigenvalue weighted by Crippen LogP contribution is -2.37.